The van der Waals surface area contributed by atoms with Crippen LogP contribution in [0.5, 0.6) is 11.5 Å². The van der Waals surface area contributed by atoms with Gasteiger partial charge in [0.1, 0.15) is 12.2 Å². The van der Waals surface area contributed by atoms with Crippen LogP contribution in [0.4, 0.5) is 10.1 Å². The van der Waals surface area contributed by atoms with Crippen molar-refractivity contribution in [3.63, 3.8) is 0 Å². The molecule has 0 saturated heterocycles. The van der Waals surface area contributed by atoms with E-state index in [-0.39, 0.29) is 11.4 Å². The summed E-state index contributed by atoms with van der Waals surface area (Å²) in [5.74, 6) is -1.61. The second-order valence-electron chi connectivity index (χ2n) is 5.16. The SMILES string of the molecule is CCOc1cc(C=NNC(=O)CC(=O)Nc2ccccc2F)ccc1O. The molecule has 0 aliphatic rings. The zero-order valence-corrected chi connectivity index (χ0v) is 14.0. The quantitative estimate of drug-likeness (QED) is 0.401. The van der Waals surface area contributed by atoms with Gasteiger partial charge in [0.2, 0.25) is 11.8 Å². The molecule has 0 aromatic heterocycles. The van der Waals surface area contributed by atoms with Crippen molar-refractivity contribution in [1.82, 2.24) is 5.43 Å². The van der Waals surface area contributed by atoms with Crippen LogP contribution in [-0.4, -0.2) is 29.7 Å². The molecule has 2 aromatic rings. The number of nitrogens with one attached hydrogen (secondary N) is 2. The van der Waals surface area contributed by atoms with Gasteiger partial charge in [0.25, 0.3) is 0 Å². The van der Waals surface area contributed by atoms with E-state index in [4.69, 9.17) is 4.74 Å². The Morgan fingerprint density at radius 2 is 2.00 bits per heavy atom. The van der Waals surface area contributed by atoms with Gasteiger partial charge >= 0.3 is 0 Å². The molecular formula is C18H18FN3O4. The van der Waals surface area contributed by atoms with E-state index >= 15 is 0 Å². The summed E-state index contributed by atoms with van der Waals surface area (Å²) in [5, 5.41) is 15.6. The van der Waals surface area contributed by atoms with E-state index in [0.29, 0.717) is 17.9 Å². The molecule has 3 N–H and O–H groups in total. The number of rotatable bonds is 7. The van der Waals surface area contributed by atoms with Crippen molar-refractivity contribution in [1.29, 1.82) is 0 Å². The van der Waals surface area contributed by atoms with E-state index in [1.807, 2.05) is 0 Å². The molecule has 2 aromatic carbocycles. The Morgan fingerprint density at radius 1 is 1.23 bits per heavy atom. The fourth-order valence-electron chi connectivity index (χ4n) is 2.00. The third-order valence-electron chi connectivity index (χ3n) is 3.16. The molecule has 0 heterocycles. The van der Waals surface area contributed by atoms with Crippen LogP contribution >= 0.6 is 0 Å². The third-order valence-corrected chi connectivity index (χ3v) is 3.16. The van der Waals surface area contributed by atoms with Crippen LogP contribution in [0.1, 0.15) is 18.9 Å². The van der Waals surface area contributed by atoms with Gasteiger partial charge in [-0.15, -0.1) is 0 Å². The van der Waals surface area contributed by atoms with Gasteiger partial charge in [0, 0.05) is 0 Å². The summed E-state index contributed by atoms with van der Waals surface area (Å²) in [6.45, 7) is 2.18. The summed E-state index contributed by atoms with van der Waals surface area (Å²) in [6.07, 6.45) is 0.833. The molecule has 0 aliphatic carbocycles. The van der Waals surface area contributed by atoms with Gasteiger partial charge in [0.15, 0.2) is 11.5 Å². The van der Waals surface area contributed by atoms with E-state index in [1.54, 1.807) is 25.1 Å². The maximum atomic E-state index is 13.4. The lowest BCUT2D eigenvalue weighted by atomic mass is 10.2. The van der Waals surface area contributed by atoms with Crippen molar-refractivity contribution >= 4 is 23.7 Å². The number of carbonyl (C=O) groups is 2. The lowest BCUT2D eigenvalue weighted by Crippen LogP contribution is -2.24. The van der Waals surface area contributed by atoms with Crippen molar-refractivity contribution in [3.8, 4) is 11.5 Å². The largest absolute Gasteiger partial charge is 0.504 e. The van der Waals surface area contributed by atoms with Crippen LogP contribution < -0.4 is 15.5 Å². The second kappa shape index (κ2) is 9.16. The highest BCUT2D eigenvalue weighted by molar-refractivity contribution is 6.03. The highest BCUT2D eigenvalue weighted by Crippen LogP contribution is 2.26. The number of ether oxygens (including phenoxy) is 1. The van der Waals surface area contributed by atoms with Gasteiger partial charge in [0.05, 0.1) is 18.5 Å². The number of amides is 2. The number of hydrogen-bond acceptors (Lipinski definition) is 5. The predicted molar refractivity (Wildman–Crippen MR) is 94.7 cm³/mol. The number of aromatic hydroxyl groups is 1. The summed E-state index contributed by atoms with van der Waals surface area (Å²) in [6, 6.07) is 10.2. The molecule has 0 atom stereocenters. The molecule has 136 valence electrons. The van der Waals surface area contributed by atoms with Gasteiger partial charge in [-0.2, -0.15) is 5.10 Å². The zero-order valence-electron chi connectivity index (χ0n) is 14.0. The number of nitrogens with zero attached hydrogens (tertiary/aromatic N) is 1. The molecule has 0 bridgehead atoms. The number of hydrazone groups is 1. The molecule has 7 nitrogen and oxygen atoms in total. The average Bonchev–Trinajstić information content (AvgIpc) is 2.60. The fraction of sp³-hybridized carbons (Fsp3) is 0.167. The number of hydrogen-bond donors (Lipinski definition) is 3. The topological polar surface area (TPSA) is 100 Å². The molecular weight excluding hydrogens is 341 g/mol. The van der Waals surface area contributed by atoms with E-state index in [9.17, 15) is 19.1 Å². The van der Waals surface area contributed by atoms with Crippen molar-refractivity contribution < 1.29 is 23.8 Å². The summed E-state index contributed by atoms with van der Waals surface area (Å²) in [5.41, 5.74) is 2.79. The average molecular weight is 359 g/mol. The van der Waals surface area contributed by atoms with Crippen LogP contribution in [0.25, 0.3) is 0 Å². The normalized spacial score (nSPS) is 10.5. The molecule has 0 spiro atoms. The zero-order chi connectivity index (χ0) is 18.9. The third kappa shape index (κ3) is 5.59. The minimum atomic E-state index is -0.661. The van der Waals surface area contributed by atoms with Crippen LogP contribution in [0, 0.1) is 5.82 Å². The van der Waals surface area contributed by atoms with Crippen molar-refractivity contribution in [2.45, 2.75) is 13.3 Å². The number of anilines is 1. The highest BCUT2D eigenvalue weighted by Gasteiger charge is 2.11. The molecule has 0 fully saturated rings. The first-order valence-corrected chi connectivity index (χ1v) is 7.81. The van der Waals surface area contributed by atoms with Crippen LogP contribution in [0.15, 0.2) is 47.6 Å². The van der Waals surface area contributed by atoms with E-state index < -0.39 is 24.1 Å². The Labute approximate surface area is 149 Å². The number of phenols is 1. The predicted octanol–water partition coefficient (Wildman–Crippen LogP) is 2.41. The van der Waals surface area contributed by atoms with Crippen molar-refractivity contribution in [2.75, 3.05) is 11.9 Å². The maximum Gasteiger partial charge on any atom is 0.249 e. The first kappa shape index (κ1) is 18.9. The van der Waals surface area contributed by atoms with Crippen molar-refractivity contribution in [3.05, 3.63) is 53.8 Å². The minimum absolute atomic E-state index is 0.00125. The smallest absolute Gasteiger partial charge is 0.249 e. The standard InChI is InChI=1S/C18H18FN3O4/c1-2-26-16-9-12(7-8-15(16)23)11-20-22-18(25)10-17(24)21-14-6-4-3-5-13(14)19/h3-9,11,23H,2,10H2,1H3,(H,21,24)(H,22,25). The minimum Gasteiger partial charge on any atom is -0.504 e. The summed E-state index contributed by atoms with van der Waals surface area (Å²) < 4.78 is 18.7. The molecule has 26 heavy (non-hydrogen) atoms. The van der Waals surface area contributed by atoms with Gasteiger partial charge in [-0.3, -0.25) is 9.59 Å². The monoisotopic (exact) mass is 359 g/mol. The Balaban J connectivity index is 1.86. The second-order valence-corrected chi connectivity index (χ2v) is 5.16. The van der Waals surface area contributed by atoms with Crippen LogP contribution in [0.3, 0.4) is 0 Å². The summed E-state index contributed by atoms with van der Waals surface area (Å²) >= 11 is 0. The van der Waals surface area contributed by atoms with Gasteiger partial charge in [-0.1, -0.05) is 12.1 Å². The number of phenolic OH excluding ortho intramolecular Hbond substituents is 1. The highest BCUT2D eigenvalue weighted by atomic mass is 19.1. The first-order chi connectivity index (χ1) is 12.5. The Bertz CT molecular complexity index is 824. The summed E-state index contributed by atoms with van der Waals surface area (Å²) in [4.78, 5) is 23.4. The molecule has 0 radical (unpaired) electrons. The van der Waals surface area contributed by atoms with E-state index in [1.165, 1.54) is 30.5 Å². The molecule has 2 amide bonds. The van der Waals surface area contributed by atoms with Crippen molar-refractivity contribution in [2.24, 2.45) is 5.10 Å². The molecule has 2 rings (SSSR count). The Morgan fingerprint density at radius 3 is 2.73 bits per heavy atom. The molecule has 0 unspecified atom stereocenters. The molecule has 0 aliphatic heterocycles. The van der Waals surface area contributed by atoms with E-state index in [0.717, 1.165) is 0 Å². The number of benzene rings is 2. The summed E-state index contributed by atoms with van der Waals surface area (Å²) in [7, 11) is 0. The van der Waals surface area contributed by atoms with Gasteiger partial charge < -0.3 is 15.2 Å². The van der Waals surface area contributed by atoms with Gasteiger partial charge in [-0.05, 0) is 42.8 Å². The van der Waals surface area contributed by atoms with Gasteiger partial charge in [-0.25, -0.2) is 9.82 Å². The van der Waals surface area contributed by atoms with E-state index in [2.05, 4.69) is 15.8 Å². The van der Waals surface area contributed by atoms with Crippen LogP contribution in [-0.2, 0) is 9.59 Å². The lowest BCUT2D eigenvalue weighted by molar-refractivity contribution is -0.126. The maximum absolute atomic E-state index is 13.4. The van der Waals surface area contributed by atoms with Crippen LogP contribution in [0.2, 0.25) is 0 Å². The first-order valence-electron chi connectivity index (χ1n) is 7.81. The number of carbonyl (C=O) groups excluding carboxylic acids is 2. The molecule has 0 saturated carbocycles. The number of halogens is 1. The fourth-order valence-corrected chi connectivity index (χ4v) is 2.00. The lowest BCUT2D eigenvalue weighted by Gasteiger charge is -2.06. The molecule has 8 heteroatoms. The Kier molecular flexibility index (Phi) is 6.67. The Hall–Kier alpha value is -3.42. The number of para-hydroxylation sites is 1.